The van der Waals surface area contributed by atoms with Crippen LogP contribution in [0.15, 0.2) is 30.3 Å². The lowest BCUT2D eigenvalue weighted by Crippen LogP contribution is -2.04. The molecule has 0 aliphatic carbocycles. The molecule has 0 aromatic heterocycles. The lowest BCUT2D eigenvalue weighted by Gasteiger charge is -2.08. The molecular formula is C12H10INO2. The molecule has 0 heterocycles. The van der Waals surface area contributed by atoms with Gasteiger partial charge in [0.25, 0.3) is 0 Å². The van der Waals surface area contributed by atoms with Crippen molar-refractivity contribution in [3.63, 3.8) is 0 Å². The van der Waals surface area contributed by atoms with Crippen molar-refractivity contribution in [2.45, 2.75) is 0 Å². The Morgan fingerprint density at radius 3 is 2.81 bits per heavy atom. The molecule has 16 heavy (non-hydrogen) atoms. The van der Waals surface area contributed by atoms with E-state index in [-0.39, 0.29) is 5.97 Å². The van der Waals surface area contributed by atoms with Crippen LogP contribution in [0, 0.1) is 3.57 Å². The predicted octanol–water partition coefficient (Wildman–Crippen LogP) is 2.81. The molecule has 2 aromatic rings. The van der Waals surface area contributed by atoms with Crippen LogP contribution in [0.4, 0.5) is 5.69 Å². The Balaban J connectivity index is 2.85. The van der Waals surface area contributed by atoms with Crippen LogP contribution < -0.4 is 5.73 Å². The van der Waals surface area contributed by atoms with E-state index in [0.29, 0.717) is 11.3 Å². The van der Waals surface area contributed by atoms with E-state index in [2.05, 4.69) is 22.6 Å². The van der Waals surface area contributed by atoms with Gasteiger partial charge in [-0.25, -0.2) is 4.79 Å². The Labute approximate surface area is 107 Å². The molecule has 3 nitrogen and oxygen atoms in total. The van der Waals surface area contributed by atoms with Crippen LogP contribution in [0.25, 0.3) is 10.8 Å². The molecule has 0 aliphatic rings. The second kappa shape index (κ2) is 4.29. The summed E-state index contributed by atoms with van der Waals surface area (Å²) >= 11 is 2.20. The third kappa shape index (κ3) is 1.84. The summed E-state index contributed by atoms with van der Waals surface area (Å²) < 4.78 is 5.77. The summed E-state index contributed by atoms with van der Waals surface area (Å²) in [6, 6.07) is 9.32. The number of hydrogen-bond donors (Lipinski definition) is 1. The minimum Gasteiger partial charge on any atom is -0.465 e. The van der Waals surface area contributed by atoms with Gasteiger partial charge in [0.2, 0.25) is 0 Å². The van der Waals surface area contributed by atoms with Crippen LogP contribution in [0.2, 0.25) is 0 Å². The molecule has 2 N–H and O–H groups in total. The van der Waals surface area contributed by atoms with Crippen LogP contribution in [0.5, 0.6) is 0 Å². The molecule has 0 radical (unpaired) electrons. The number of anilines is 1. The summed E-state index contributed by atoms with van der Waals surface area (Å²) in [6.07, 6.45) is 0. The zero-order chi connectivity index (χ0) is 11.7. The highest BCUT2D eigenvalue weighted by Crippen LogP contribution is 2.27. The number of halogens is 1. The number of carbonyl (C=O) groups is 1. The largest absolute Gasteiger partial charge is 0.465 e. The minimum absolute atomic E-state index is 0.360. The number of methoxy groups -OCH3 is 1. The Kier molecular flexibility index (Phi) is 3.00. The molecule has 0 saturated heterocycles. The summed E-state index contributed by atoms with van der Waals surface area (Å²) in [5, 5.41) is 1.84. The number of carbonyl (C=O) groups excluding carboxylic acids is 1. The number of nitrogen functional groups attached to an aromatic ring is 1. The molecule has 2 rings (SSSR count). The number of benzene rings is 2. The molecule has 0 unspecified atom stereocenters. The van der Waals surface area contributed by atoms with Crippen molar-refractivity contribution in [1.82, 2.24) is 0 Å². The van der Waals surface area contributed by atoms with Gasteiger partial charge in [0.15, 0.2) is 0 Å². The maximum Gasteiger partial charge on any atom is 0.338 e. The van der Waals surface area contributed by atoms with Crippen molar-refractivity contribution in [3.8, 4) is 0 Å². The van der Waals surface area contributed by atoms with E-state index in [0.717, 1.165) is 14.3 Å². The molecule has 0 saturated carbocycles. The van der Waals surface area contributed by atoms with Gasteiger partial charge >= 0.3 is 5.97 Å². The molecule has 0 aliphatic heterocycles. The van der Waals surface area contributed by atoms with Gasteiger partial charge in [0.1, 0.15) is 0 Å². The van der Waals surface area contributed by atoms with Gasteiger partial charge in [-0.1, -0.05) is 12.1 Å². The molecule has 0 fully saturated rings. The fraction of sp³-hybridized carbons (Fsp3) is 0.0833. The molecule has 0 atom stereocenters. The van der Waals surface area contributed by atoms with Crippen LogP contribution in [0.1, 0.15) is 10.4 Å². The van der Waals surface area contributed by atoms with Gasteiger partial charge in [-0.2, -0.15) is 0 Å². The molecule has 0 amide bonds. The average molecular weight is 327 g/mol. The van der Waals surface area contributed by atoms with E-state index in [9.17, 15) is 4.79 Å². The van der Waals surface area contributed by atoms with E-state index >= 15 is 0 Å². The molecule has 4 heteroatoms. The fourth-order valence-electron chi connectivity index (χ4n) is 1.68. The normalized spacial score (nSPS) is 10.4. The number of fused-ring (bicyclic) bond motifs is 1. The van der Waals surface area contributed by atoms with Crippen molar-refractivity contribution >= 4 is 45.0 Å². The maximum atomic E-state index is 11.7. The first-order chi connectivity index (χ1) is 7.63. The van der Waals surface area contributed by atoms with Gasteiger partial charge < -0.3 is 10.5 Å². The van der Waals surface area contributed by atoms with Gasteiger partial charge in [-0.15, -0.1) is 0 Å². The third-order valence-corrected chi connectivity index (χ3v) is 3.25. The zero-order valence-corrected chi connectivity index (χ0v) is 10.8. The van der Waals surface area contributed by atoms with Gasteiger partial charge in [-0.05, 0) is 46.2 Å². The van der Waals surface area contributed by atoms with Crippen LogP contribution in [-0.4, -0.2) is 13.1 Å². The number of ether oxygens (including phenoxy) is 1. The van der Waals surface area contributed by atoms with E-state index in [1.54, 1.807) is 6.07 Å². The smallest absolute Gasteiger partial charge is 0.338 e. The number of rotatable bonds is 1. The predicted molar refractivity (Wildman–Crippen MR) is 72.4 cm³/mol. The van der Waals surface area contributed by atoms with Crippen LogP contribution >= 0.6 is 22.6 Å². The van der Waals surface area contributed by atoms with Crippen LogP contribution in [0.3, 0.4) is 0 Å². The second-order valence-corrected chi connectivity index (χ2v) is 4.56. The summed E-state index contributed by atoms with van der Waals surface area (Å²) in [7, 11) is 1.37. The summed E-state index contributed by atoms with van der Waals surface area (Å²) in [5.74, 6) is -0.360. The average Bonchev–Trinajstić information content (AvgIpc) is 2.27. The Hall–Kier alpha value is -1.30. The van der Waals surface area contributed by atoms with Crippen molar-refractivity contribution in [1.29, 1.82) is 0 Å². The standard InChI is InChI=1S/C12H10INO2/c1-16-12(15)9-6-8(14)5-7-3-2-4-10(13)11(7)9/h2-6H,14H2,1H3. The topological polar surface area (TPSA) is 52.3 Å². The molecule has 82 valence electrons. The van der Waals surface area contributed by atoms with E-state index in [4.69, 9.17) is 10.5 Å². The van der Waals surface area contributed by atoms with E-state index < -0.39 is 0 Å². The van der Waals surface area contributed by atoms with Crippen molar-refractivity contribution < 1.29 is 9.53 Å². The van der Waals surface area contributed by atoms with Crippen LogP contribution in [-0.2, 0) is 4.74 Å². The molecule has 2 aromatic carbocycles. The third-order valence-electron chi connectivity index (χ3n) is 2.35. The Morgan fingerprint density at radius 1 is 1.38 bits per heavy atom. The number of nitrogens with two attached hydrogens (primary N) is 1. The van der Waals surface area contributed by atoms with E-state index in [1.165, 1.54) is 7.11 Å². The lowest BCUT2D eigenvalue weighted by molar-refractivity contribution is 0.0603. The van der Waals surface area contributed by atoms with Gasteiger partial charge in [0.05, 0.1) is 12.7 Å². The van der Waals surface area contributed by atoms with Gasteiger partial charge in [-0.3, -0.25) is 0 Å². The highest BCUT2D eigenvalue weighted by Gasteiger charge is 2.13. The second-order valence-electron chi connectivity index (χ2n) is 3.40. The van der Waals surface area contributed by atoms with Crippen molar-refractivity contribution in [2.24, 2.45) is 0 Å². The number of esters is 1. The minimum atomic E-state index is -0.360. The Morgan fingerprint density at radius 2 is 2.12 bits per heavy atom. The monoisotopic (exact) mass is 327 g/mol. The lowest BCUT2D eigenvalue weighted by atomic mass is 10.0. The summed E-state index contributed by atoms with van der Waals surface area (Å²) in [6.45, 7) is 0. The Bertz CT molecular complexity index is 566. The molecule has 0 spiro atoms. The molecule has 0 bridgehead atoms. The quantitative estimate of drug-likeness (QED) is 0.498. The van der Waals surface area contributed by atoms with Crippen molar-refractivity contribution in [3.05, 3.63) is 39.5 Å². The van der Waals surface area contributed by atoms with Crippen molar-refractivity contribution in [2.75, 3.05) is 12.8 Å². The first kappa shape index (κ1) is 11.2. The summed E-state index contributed by atoms with van der Waals surface area (Å²) in [5.41, 5.74) is 6.84. The first-order valence-corrected chi connectivity index (χ1v) is 5.77. The maximum absolute atomic E-state index is 11.7. The highest BCUT2D eigenvalue weighted by molar-refractivity contribution is 14.1. The highest BCUT2D eigenvalue weighted by atomic mass is 127. The SMILES string of the molecule is COC(=O)c1cc(N)cc2cccc(I)c12. The summed E-state index contributed by atoms with van der Waals surface area (Å²) in [4.78, 5) is 11.7. The fourth-order valence-corrected chi connectivity index (χ4v) is 2.49. The molecular weight excluding hydrogens is 317 g/mol. The number of hydrogen-bond acceptors (Lipinski definition) is 3. The zero-order valence-electron chi connectivity index (χ0n) is 8.66. The van der Waals surface area contributed by atoms with E-state index in [1.807, 2.05) is 24.3 Å². The first-order valence-electron chi connectivity index (χ1n) is 4.69. The van der Waals surface area contributed by atoms with Gasteiger partial charge in [0, 0.05) is 14.6 Å².